The summed E-state index contributed by atoms with van der Waals surface area (Å²) in [5.41, 5.74) is 1.26. The number of nitrogens with one attached hydrogen (secondary N) is 1. The summed E-state index contributed by atoms with van der Waals surface area (Å²) in [5.74, 6) is 0.620. The van der Waals surface area contributed by atoms with Gasteiger partial charge in [0.15, 0.2) is 0 Å². The van der Waals surface area contributed by atoms with E-state index in [-0.39, 0.29) is 6.04 Å². The second-order valence-electron chi connectivity index (χ2n) is 5.02. The summed E-state index contributed by atoms with van der Waals surface area (Å²) in [4.78, 5) is 0. The van der Waals surface area contributed by atoms with Crippen LogP contribution in [0.1, 0.15) is 37.4 Å². The van der Waals surface area contributed by atoms with Gasteiger partial charge in [0, 0.05) is 9.99 Å². The zero-order valence-electron chi connectivity index (χ0n) is 11.4. The first-order valence-electron chi connectivity index (χ1n) is 6.39. The number of hydrogen-bond donors (Lipinski definition) is 1. The van der Waals surface area contributed by atoms with Crippen LogP contribution in [-0.4, -0.2) is 10.2 Å². The quantitative estimate of drug-likeness (QED) is 0.767. The van der Waals surface area contributed by atoms with Crippen LogP contribution in [-0.2, 0) is 6.42 Å². The Hall–Kier alpha value is -0.690. The van der Waals surface area contributed by atoms with E-state index in [0.29, 0.717) is 5.92 Å². The summed E-state index contributed by atoms with van der Waals surface area (Å²) in [6.45, 7) is 6.54. The lowest BCUT2D eigenvalue weighted by atomic mass is 10.1. The summed E-state index contributed by atoms with van der Waals surface area (Å²) in [7, 11) is 0. The molecule has 0 aliphatic heterocycles. The molecule has 0 saturated heterocycles. The lowest BCUT2D eigenvalue weighted by molar-refractivity contribution is 0.640. The third-order valence-corrected chi connectivity index (χ3v) is 4.36. The van der Waals surface area contributed by atoms with Crippen molar-refractivity contribution in [2.45, 2.75) is 33.2 Å². The molecule has 1 unspecified atom stereocenters. The van der Waals surface area contributed by atoms with Crippen LogP contribution in [0, 0.1) is 9.49 Å². The van der Waals surface area contributed by atoms with E-state index in [0.717, 1.165) is 16.6 Å². The fraction of sp³-hybridized carbons (Fsp3) is 0.429. The van der Waals surface area contributed by atoms with Crippen molar-refractivity contribution >= 4 is 39.1 Å². The minimum Gasteiger partial charge on any atom is -0.354 e. The van der Waals surface area contributed by atoms with Gasteiger partial charge in [0.2, 0.25) is 5.13 Å². The van der Waals surface area contributed by atoms with Crippen molar-refractivity contribution in [3.05, 3.63) is 38.4 Å². The Kier molecular flexibility index (Phi) is 5.15. The lowest BCUT2D eigenvalue weighted by Gasteiger charge is -2.12. The van der Waals surface area contributed by atoms with Crippen LogP contribution in [0.15, 0.2) is 24.3 Å². The lowest BCUT2D eigenvalue weighted by Crippen LogP contribution is -2.06. The third kappa shape index (κ3) is 4.42. The largest absolute Gasteiger partial charge is 0.354 e. The van der Waals surface area contributed by atoms with Gasteiger partial charge in [-0.1, -0.05) is 37.3 Å². The smallest absolute Gasteiger partial charge is 0.206 e. The van der Waals surface area contributed by atoms with Crippen molar-refractivity contribution in [2.24, 2.45) is 5.92 Å². The van der Waals surface area contributed by atoms with Gasteiger partial charge in [-0.2, -0.15) is 0 Å². The fourth-order valence-electron chi connectivity index (χ4n) is 1.76. The molecule has 1 aromatic heterocycles. The number of nitrogens with zero attached hydrogens (tertiary/aromatic N) is 2. The number of hydrogen-bond acceptors (Lipinski definition) is 4. The van der Waals surface area contributed by atoms with Crippen molar-refractivity contribution in [1.29, 1.82) is 0 Å². The van der Waals surface area contributed by atoms with Gasteiger partial charge in [0.25, 0.3) is 0 Å². The van der Waals surface area contributed by atoms with E-state index in [1.807, 2.05) is 0 Å². The van der Waals surface area contributed by atoms with Gasteiger partial charge in [-0.25, -0.2) is 0 Å². The van der Waals surface area contributed by atoms with Crippen LogP contribution in [0.25, 0.3) is 0 Å². The van der Waals surface area contributed by atoms with Crippen molar-refractivity contribution in [1.82, 2.24) is 10.2 Å². The van der Waals surface area contributed by atoms with Crippen molar-refractivity contribution < 1.29 is 0 Å². The Morgan fingerprint density at radius 2 is 1.84 bits per heavy atom. The maximum Gasteiger partial charge on any atom is 0.206 e. The fourth-order valence-corrected chi connectivity index (χ4v) is 3.16. The van der Waals surface area contributed by atoms with Gasteiger partial charge < -0.3 is 5.32 Å². The molecular formula is C14H18IN3S. The average Bonchev–Trinajstić information content (AvgIpc) is 2.76. The van der Waals surface area contributed by atoms with E-state index in [1.165, 1.54) is 9.13 Å². The molecule has 0 aliphatic carbocycles. The van der Waals surface area contributed by atoms with Crippen molar-refractivity contribution in [3.8, 4) is 0 Å². The molecule has 0 amide bonds. The zero-order chi connectivity index (χ0) is 13.8. The monoisotopic (exact) mass is 387 g/mol. The van der Waals surface area contributed by atoms with E-state index in [1.54, 1.807) is 11.3 Å². The van der Waals surface area contributed by atoms with Crippen molar-refractivity contribution in [3.63, 3.8) is 0 Å². The minimum atomic E-state index is 0.247. The molecule has 2 aromatic rings. The molecular weight excluding hydrogens is 369 g/mol. The second kappa shape index (κ2) is 6.65. The first-order valence-corrected chi connectivity index (χ1v) is 8.28. The second-order valence-corrected chi connectivity index (χ2v) is 7.32. The first-order chi connectivity index (χ1) is 9.04. The van der Waals surface area contributed by atoms with Gasteiger partial charge in [0.1, 0.15) is 5.01 Å². The molecule has 0 aliphatic rings. The van der Waals surface area contributed by atoms with Gasteiger partial charge in [-0.15, -0.1) is 10.2 Å². The third-order valence-electron chi connectivity index (χ3n) is 2.76. The van der Waals surface area contributed by atoms with Crippen LogP contribution in [0.5, 0.6) is 0 Å². The summed E-state index contributed by atoms with van der Waals surface area (Å²) >= 11 is 3.97. The van der Waals surface area contributed by atoms with Gasteiger partial charge in [-0.05, 0) is 53.1 Å². The van der Waals surface area contributed by atoms with E-state index in [2.05, 4.69) is 83.1 Å². The van der Waals surface area contributed by atoms with Gasteiger partial charge in [0.05, 0.1) is 6.04 Å². The van der Waals surface area contributed by atoms with Gasteiger partial charge >= 0.3 is 0 Å². The number of rotatable bonds is 5. The van der Waals surface area contributed by atoms with Crippen molar-refractivity contribution in [2.75, 3.05) is 5.32 Å². The summed E-state index contributed by atoms with van der Waals surface area (Å²) in [6.07, 6.45) is 0.997. The highest BCUT2D eigenvalue weighted by Crippen LogP contribution is 2.24. The van der Waals surface area contributed by atoms with Crippen LogP contribution in [0.2, 0.25) is 0 Å². The van der Waals surface area contributed by atoms with Gasteiger partial charge in [-0.3, -0.25) is 0 Å². The maximum atomic E-state index is 4.22. The van der Waals surface area contributed by atoms with Crippen LogP contribution in [0.4, 0.5) is 5.13 Å². The van der Waals surface area contributed by atoms with Crippen LogP contribution >= 0.6 is 33.9 Å². The van der Waals surface area contributed by atoms with E-state index in [9.17, 15) is 0 Å². The number of benzene rings is 1. The molecule has 0 radical (unpaired) electrons. The normalized spacial score (nSPS) is 12.7. The standard InChI is InChI=1S/C14H18IN3S/c1-9(2)8-13-17-18-14(19-13)16-10(3)11-4-6-12(15)7-5-11/h4-7,9-10H,8H2,1-3H3,(H,16,18). The Bertz CT molecular complexity index is 522. The average molecular weight is 387 g/mol. The molecule has 3 nitrogen and oxygen atoms in total. The molecule has 0 fully saturated rings. The molecule has 2 rings (SSSR count). The molecule has 1 atom stereocenters. The highest BCUT2D eigenvalue weighted by Gasteiger charge is 2.10. The predicted octanol–water partition coefficient (Wildman–Crippen LogP) is 4.51. The summed E-state index contributed by atoms with van der Waals surface area (Å²) < 4.78 is 1.25. The van der Waals surface area contributed by atoms with E-state index < -0.39 is 0 Å². The molecule has 0 saturated carbocycles. The molecule has 0 spiro atoms. The zero-order valence-corrected chi connectivity index (χ0v) is 14.3. The highest BCUT2D eigenvalue weighted by atomic mass is 127. The molecule has 5 heteroatoms. The summed E-state index contributed by atoms with van der Waals surface area (Å²) in [5, 5.41) is 13.9. The molecule has 19 heavy (non-hydrogen) atoms. The molecule has 1 heterocycles. The Balaban J connectivity index is 2.00. The molecule has 0 bridgehead atoms. The van der Waals surface area contributed by atoms with E-state index >= 15 is 0 Å². The number of anilines is 1. The summed E-state index contributed by atoms with van der Waals surface area (Å²) in [6, 6.07) is 8.79. The number of halogens is 1. The minimum absolute atomic E-state index is 0.247. The molecule has 1 aromatic carbocycles. The number of aromatic nitrogens is 2. The maximum absolute atomic E-state index is 4.22. The highest BCUT2D eigenvalue weighted by molar-refractivity contribution is 14.1. The first kappa shape index (κ1) is 14.7. The Morgan fingerprint density at radius 3 is 2.47 bits per heavy atom. The van der Waals surface area contributed by atoms with Crippen LogP contribution in [0.3, 0.4) is 0 Å². The SMILES string of the molecule is CC(C)Cc1nnc(NC(C)c2ccc(I)cc2)s1. The Labute approximate surface area is 132 Å². The Morgan fingerprint density at radius 1 is 1.16 bits per heavy atom. The topological polar surface area (TPSA) is 37.8 Å². The molecule has 1 N–H and O–H groups in total. The van der Waals surface area contributed by atoms with E-state index in [4.69, 9.17) is 0 Å². The predicted molar refractivity (Wildman–Crippen MR) is 89.6 cm³/mol. The molecule has 102 valence electrons. The van der Waals surface area contributed by atoms with Crippen LogP contribution < -0.4 is 5.32 Å².